The summed E-state index contributed by atoms with van der Waals surface area (Å²) in [7, 11) is 1.50. The van der Waals surface area contributed by atoms with Gasteiger partial charge < -0.3 is 15.4 Å². The van der Waals surface area contributed by atoms with Crippen molar-refractivity contribution in [2.45, 2.75) is 50.2 Å². The van der Waals surface area contributed by atoms with E-state index in [0.29, 0.717) is 36.1 Å². The van der Waals surface area contributed by atoms with Crippen molar-refractivity contribution < 1.29 is 18.3 Å². The zero-order valence-corrected chi connectivity index (χ0v) is 20.8. The number of hydrogen-bond acceptors (Lipinski definition) is 3. The van der Waals surface area contributed by atoms with Crippen LogP contribution in [0.25, 0.3) is 11.1 Å². The van der Waals surface area contributed by atoms with E-state index in [2.05, 4.69) is 10.6 Å². The van der Waals surface area contributed by atoms with Crippen LogP contribution in [0.2, 0.25) is 5.02 Å². The predicted molar refractivity (Wildman–Crippen MR) is 136 cm³/mol. The van der Waals surface area contributed by atoms with Crippen molar-refractivity contribution in [1.29, 1.82) is 0 Å². The van der Waals surface area contributed by atoms with Crippen molar-refractivity contribution in [2.75, 3.05) is 13.6 Å². The van der Waals surface area contributed by atoms with Gasteiger partial charge in [-0.1, -0.05) is 41.9 Å². The number of amides is 1. The number of aryl methyl sites for hydroxylation is 1. The van der Waals surface area contributed by atoms with Crippen molar-refractivity contribution in [1.82, 2.24) is 10.6 Å². The predicted octanol–water partition coefficient (Wildman–Crippen LogP) is 5.72. The number of carbonyl (C=O) groups excluding carboxylic acids is 1. The van der Waals surface area contributed by atoms with Crippen LogP contribution in [0.5, 0.6) is 5.75 Å². The van der Waals surface area contributed by atoms with Gasteiger partial charge in [-0.15, -0.1) is 0 Å². The van der Waals surface area contributed by atoms with E-state index in [9.17, 15) is 4.79 Å². The molecule has 2 heterocycles. The molecule has 0 bridgehead atoms. The molecule has 3 aromatic rings. The number of rotatable bonds is 4. The van der Waals surface area contributed by atoms with Crippen LogP contribution >= 0.6 is 11.6 Å². The Morgan fingerprint density at radius 3 is 2.64 bits per heavy atom. The summed E-state index contributed by atoms with van der Waals surface area (Å²) in [6, 6.07) is 12.9. The standard InChI is InChI=1S/C29H27ClF2N2O2/c1-33-28(35)19-13-16-7-5-10-18(16)27(32)25(19)24-20-15-29(23-11-6-12-34-23,17-8-3-2-4-9-17)36-22(20)14-21(31)26(24)30/h2-4,8-9,13-14,23,34H,5-7,10-12,15H2,1H3,(H,33,35)/t23-,29-/m0/s1. The normalized spacial score (nSPS) is 22.3. The van der Waals surface area contributed by atoms with E-state index in [-0.39, 0.29) is 27.8 Å². The Morgan fingerprint density at radius 2 is 1.92 bits per heavy atom. The minimum Gasteiger partial charge on any atom is -0.480 e. The third-order valence-corrected chi connectivity index (χ3v) is 8.33. The molecule has 2 atom stereocenters. The number of nitrogens with one attached hydrogen (secondary N) is 2. The van der Waals surface area contributed by atoms with Gasteiger partial charge in [0.05, 0.1) is 16.6 Å². The molecular weight excluding hydrogens is 482 g/mol. The molecule has 0 spiro atoms. The zero-order chi connectivity index (χ0) is 25.0. The Labute approximate surface area is 214 Å². The third kappa shape index (κ3) is 3.46. The lowest BCUT2D eigenvalue weighted by atomic mass is 9.80. The van der Waals surface area contributed by atoms with Gasteiger partial charge in [0.25, 0.3) is 5.91 Å². The maximum Gasteiger partial charge on any atom is 0.251 e. The lowest BCUT2D eigenvalue weighted by molar-refractivity contribution is 0.0539. The fourth-order valence-electron chi connectivity index (χ4n) is 6.27. The van der Waals surface area contributed by atoms with E-state index < -0.39 is 23.1 Å². The van der Waals surface area contributed by atoms with Crippen LogP contribution in [-0.2, 0) is 24.9 Å². The quantitative estimate of drug-likeness (QED) is 0.474. The van der Waals surface area contributed by atoms with Crippen molar-refractivity contribution in [3.05, 3.63) is 86.9 Å². The summed E-state index contributed by atoms with van der Waals surface area (Å²) in [4.78, 5) is 13.0. The highest BCUT2D eigenvalue weighted by Crippen LogP contribution is 2.52. The van der Waals surface area contributed by atoms with Crippen LogP contribution < -0.4 is 15.4 Å². The average Bonchev–Trinajstić information content (AvgIpc) is 3.66. The van der Waals surface area contributed by atoms with Crippen LogP contribution in [0.3, 0.4) is 0 Å². The highest BCUT2D eigenvalue weighted by atomic mass is 35.5. The van der Waals surface area contributed by atoms with Crippen molar-refractivity contribution in [3.8, 4) is 16.9 Å². The van der Waals surface area contributed by atoms with E-state index >= 15 is 8.78 Å². The number of ether oxygens (including phenoxy) is 1. The first-order valence-corrected chi connectivity index (χ1v) is 12.9. The first-order chi connectivity index (χ1) is 17.4. The van der Waals surface area contributed by atoms with Gasteiger partial charge in [0.15, 0.2) is 5.60 Å². The lowest BCUT2D eigenvalue weighted by Gasteiger charge is -2.35. The molecule has 6 rings (SSSR count). The van der Waals surface area contributed by atoms with E-state index in [4.69, 9.17) is 16.3 Å². The molecule has 3 aliphatic rings. The van der Waals surface area contributed by atoms with Crippen LogP contribution in [0.1, 0.15) is 51.9 Å². The first kappa shape index (κ1) is 23.4. The van der Waals surface area contributed by atoms with Crippen molar-refractivity contribution >= 4 is 17.5 Å². The minimum absolute atomic E-state index is 0.00901. The van der Waals surface area contributed by atoms with Crippen LogP contribution in [0.15, 0.2) is 42.5 Å². The molecule has 1 aliphatic carbocycles. The van der Waals surface area contributed by atoms with E-state index in [0.717, 1.165) is 36.9 Å². The summed E-state index contributed by atoms with van der Waals surface area (Å²) in [5, 5.41) is 5.98. The van der Waals surface area contributed by atoms with Gasteiger partial charge in [0.1, 0.15) is 17.4 Å². The smallest absolute Gasteiger partial charge is 0.251 e. The minimum atomic E-state index is -0.799. The zero-order valence-electron chi connectivity index (χ0n) is 20.0. The molecule has 186 valence electrons. The Hall–Kier alpha value is -2.96. The molecule has 2 N–H and O–H groups in total. The fourth-order valence-corrected chi connectivity index (χ4v) is 6.54. The Bertz CT molecular complexity index is 1370. The molecule has 2 aliphatic heterocycles. The maximum absolute atomic E-state index is 16.2. The van der Waals surface area contributed by atoms with Gasteiger partial charge in [-0.2, -0.15) is 0 Å². The Morgan fingerprint density at radius 1 is 1.11 bits per heavy atom. The Balaban J connectivity index is 1.60. The second-order valence-corrected chi connectivity index (χ2v) is 10.3. The topological polar surface area (TPSA) is 50.4 Å². The summed E-state index contributed by atoms with van der Waals surface area (Å²) >= 11 is 6.61. The number of carbonyl (C=O) groups is 1. The monoisotopic (exact) mass is 508 g/mol. The maximum atomic E-state index is 16.2. The van der Waals surface area contributed by atoms with E-state index in [1.165, 1.54) is 13.1 Å². The second kappa shape index (κ2) is 8.86. The molecule has 0 aromatic heterocycles. The largest absolute Gasteiger partial charge is 0.480 e. The highest BCUT2D eigenvalue weighted by molar-refractivity contribution is 6.34. The summed E-state index contributed by atoms with van der Waals surface area (Å²) in [6.07, 6.45) is 4.37. The number of benzene rings is 3. The van der Waals surface area contributed by atoms with Gasteiger partial charge in [-0.05, 0) is 61.4 Å². The molecule has 36 heavy (non-hydrogen) atoms. The number of halogens is 3. The molecule has 1 saturated heterocycles. The molecule has 3 aromatic carbocycles. The van der Waals surface area contributed by atoms with Crippen LogP contribution in [0.4, 0.5) is 8.78 Å². The van der Waals surface area contributed by atoms with Crippen LogP contribution in [0, 0.1) is 11.6 Å². The number of fused-ring (bicyclic) bond motifs is 2. The van der Waals surface area contributed by atoms with Gasteiger partial charge >= 0.3 is 0 Å². The molecule has 0 unspecified atom stereocenters. The Kier molecular flexibility index (Phi) is 5.77. The SMILES string of the molecule is CNC(=O)c1cc2c(c(F)c1-c1c(Cl)c(F)cc3c1C[C@](c1ccccc1)([C@@H]1CCCN1)O3)CCC2. The molecule has 0 radical (unpaired) electrons. The molecule has 1 fully saturated rings. The van der Waals surface area contributed by atoms with Gasteiger partial charge in [0.2, 0.25) is 0 Å². The van der Waals surface area contributed by atoms with Crippen LogP contribution in [-0.4, -0.2) is 25.5 Å². The van der Waals surface area contributed by atoms with Gasteiger partial charge in [0, 0.05) is 36.2 Å². The van der Waals surface area contributed by atoms with Gasteiger partial charge in [-0.3, -0.25) is 4.79 Å². The molecule has 4 nitrogen and oxygen atoms in total. The third-order valence-electron chi connectivity index (χ3n) is 7.96. The highest BCUT2D eigenvalue weighted by Gasteiger charge is 2.50. The molecule has 0 saturated carbocycles. The molecular formula is C29H27ClF2N2O2. The second-order valence-electron chi connectivity index (χ2n) is 9.89. The van der Waals surface area contributed by atoms with Crippen molar-refractivity contribution in [2.24, 2.45) is 0 Å². The molecule has 1 amide bonds. The fraction of sp³-hybridized carbons (Fsp3) is 0.345. The van der Waals surface area contributed by atoms with E-state index in [1.54, 1.807) is 6.07 Å². The van der Waals surface area contributed by atoms with Crippen molar-refractivity contribution in [3.63, 3.8) is 0 Å². The summed E-state index contributed by atoms with van der Waals surface area (Å²) in [6.45, 7) is 0.862. The summed E-state index contributed by atoms with van der Waals surface area (Å²) in [5.74, 6) is -1.28. The first-order valence-electron chi connectivity index (χ1n) is 12.5. The lowest BCUT2D eigenvalue weighted by Crippen LogP contribution is -2.48. The molecule has 7 heteroatoms. The van der Waals surface area contributed by atoms with Gasteiger partial charge in [-0.25, -0.2) is 8.78 Å². The summed E-state index contributed by atoms with van der Waals surface area (Å²) < 4.78 is 38.2. The average molecular weight is 509 g/mol. The number of hydrogen-bond donors (Lipinski definition) is 2. The summed E-state index contributed by atoms with van der Waals surface area (Å²) in [5.41, 5.74) is 2.63. The van der Waals surface area contributed by atoms with E-state index in [1.807, 2.05) is 30.3 Å².